The van der Waals surface area contributed by atoms with E-state index in [-0.39, 0.29) is 28.9 Å². The average molecular weight is 455 g/mol. The Labute approximate surface area is 190 Å². The molecule has 4 atom stereocenters. The lowest BCUT2D eigenvalue weighted by molar-refractivity contribution is -0.0711. The highest BCUT2D eigenvalue weighted by molar-refractivity contribution is 5.53. The van der Waals surface area contributed by atoms with Gasteiger partial charge < -0.3 is 39.4 Å². The number of aliphatic imine (C=N–C) groups is 1. The van der Waals surface area contributed by atoms with Crippen LogP contribution in [0.1, 0.15) is 30.3 Å². The molecule has 0 fully saturated rings. The van der Waals surface area contributed by atoms with Gasteiger partial charge >= 0.3 is 0 Å². The van der Waals surface area contributed by atoms with Crippen molar-refractivity contribution >= 4 is 6.72 Å². The quantitative estimate of drug-likeness (QED) is 0.308. The van der Waals surface area contributed by atoms with Gasteiger partial charge in [-0.2, -0.15) is 0 Å². The maximum Gasteiger partial charge on any atom is 0.212 e. The number of benzene rings is 2. The van der Waals surface area contributed by atoms with Gasteiger partial charge in [0.2, 0.25) is 5.88 Å². The number of hydrogen-bond acceptors (Lipinski definition) is 9. The summed E-state index contributed by atoms with van der Waals surface area (Å²) in [4.78, 5) is 3.75. The van der Waals surface area contributed by atoms with Crippen molar-refractivity contribution in [1.82, 2.24) is 0 Å². The van der Waals surface area contributed by atoms with Crippen LogP contribution in [0.2, 0.25) is 0 Å². The molecule has 9 heteroatoms. The van der Waals surface area contributed by atoms with Crippen LogP contribution in [0.15, 0.2) is 58.9 Å². The molecule has 4 unspecified atom stereocenters. The Morgan fingerprint density at radius 2 is 1.88 bits per heavy atom. The number of ether oxygens (including phenoxy) is 4. The topological polar surface area (TPSA) is 130 Å². The van der Waals surface area contributed by atoms with Gasteiger partial charge in [-0.3, -0.25) is 0 Å². The molecule has 2 aliphatic heterocycles. The number of phenolic OH excluding ortho intramolecular Hbond substituents is 2. The predicted molar refractivity (Wildman–Crippen MR) is 119 cm³/mol. The van der Waals surface area contributed by atoms with Crippen LogP contribution in [-0.2, 0) is 4.74 Å². The summed E-state index contributed by atoms with van der Waals surface area (Å²) in [5.41, 5.74) is 1.41. The number of rotatable bonds is 5. The van der Waals surface area contributed by atoms with Gasteiger partial charge in [-0.25, -0.2) is 4.99 Å². The fourth-order valence-corrected chi connectivity index (χ4v) is 3.79. The Morgan fingerprint density at radius 1 is 1.09 bits per heavy atom. The number of methoxy groups -OCH3 is 1. The normalized spacial score (nSPS) is 24.5. The van der Waals surface area contributed by atoms with Gasteiger partial charge in [0.05, 0.1) is 12.7 Å². The van der Waals surface area contributed by atoms with E-state index in [1.807, 2.05) is 6.92 Å². The molecule has 9 nitrogen and oxygen atoms in total. The highest BCUT2D eigenvalue weighted by Crippen LogP contribution is 2.47. The summed E-state index contributed by atoms with van der Waals surface area (Å²) in [6.45, 7) is 5.62. The molecule has 0 aromatic heterocycles. The smallest absolute Gasteiger partial charge is 0.212 e. The Bertz CT molecular complexity index is 1130. The Morgan fingerprint density at radius 3 is 2.61 bits per heavy atom. The number of phenols is 2. The number of aliphatic hydroxyl groups excluding tert-OH is 2. The molecule has 2 aromatic carbocycles. The zero-order valence-corrected chi connectivity index (χ0v) is 18.1. The van der Waals surface area contributed by atoms with E-state index < -0.39 is 18.3 Å². The third kappa shape index (κ3) is 4.33. The highest BCUT2D eigenvalue weighted by Gasteiger charge is 2.40. The van der Waals surface area contributed by atoms with Crippen LogP contribution < -0.4 is 14.2 Å². The number of allylic oxidation sites excluding steroid dienone is 2. The van der Waals surface area contributed by atoms with E-state index in [1.165, 1.54) is 13.2 Å². The molecule has 0 spiro atoms. The van der Waals surface area contributed by atoms with Crippen molar-refractivity contribution in [3.8, 4) is 28.7 Å². The lowest BCUT2D eigenvalue weighted by atomic mass is 9.91. The van der Waals surface area contributed by atoms with Crippen LogP contribution in [0.4, 0.5) is 0 Å². The summed E-state index contributed by atoms with van der Waals surface area (Å²) in [6, 6.07) is 7.42. The van der Waals surface area contributed by atoms with Gasteiger partial charge in [-0.05, 0) is 36.9 Å². The van der Waals surface area contributed by atoms with Gasteiger partial charge in [0.15, 0.2) is 23.7 Å². The largest absolute Gasteiger partial charge is 0.508 e. The summed E-state index contributed by atoms with van der Waals surface area (Å²) in [5, 5.41) is 41.1. The Kier molecular flexibility index (Phi) is 6.17. The van der Waals surface area contributed by atoms with E-state index >= 15 is 0 Å². The third-order valence-corrected chi connectivity index (χ3v) is 5.61. The first-order valence-corrected chi connectivity index (χ1v) is 10.2. The maximum absolute atomic E-state index is 10.7. The van der Waals surface area contributed by atoms with E-state index in [2.05, 4.69) is 11.7 Å². The van der Waals surface area contributed by atoms with Crippen LogP contribution in [-0.4, -0.2) is 53.1 Å². The second kappa shape index (κ2) is 9.05. The monoisotopic (exact) mass is 455 g/mol. The van der Waals surface area contributed by atoms with Gasteiger partial charge in [0.25, 0.3) is 0 Å². The summed E-state index contributed by atoms with van der Waals surface area (Å²) >= 11 is 0. The summed E-state index contributed by atoms with van der Waals surface area (Å²) in [7, 11) is 1.50. The standard InChI is InChI=1S/C24H25NO8/c1-12(4-7-20(25-2)30-3)19-11-31-16-6-5-13(8-17(16)32-19)24-23(29)22(28)21-15(27)9-14(26)10-18(21)33-24/h4-10,19,22-24,26-29H,2,11H2,1,3H3/b12-4+,20-7+. The van der Waals surface area contributed by atoms with Crippen molar-refractivity contribution in [3.63, 3.8) is 0 Å². The first kappa shape index (κ1) is 22.5. The van der Waals surface area contributed by atoms with Crippen LogP contribution >= 0.6 is 0 Å². The molecule has 2 aliphatic rings. The van der Waals surface area contributed by atoms with E-state index in [4.69, 9.17) is 18.9 Å². The molecular formula is C24H25NO8. The number of hydrogen-bond donors (Lipinski definition) is 4. The Balaban J connectivity index is 1.60. The van der Waals surface area contributed by atoms with E-state index in [0.717, 1.165) is 11.6 Å². The van der Waals surface area contributed by atoms with Gasteiger partial charge in [-0.15, -0.1) is 0 Å². The molecule has 0 saturated heterocycles. The van der Waals surface area contributed by atoms with E-state index in [9.17, 15) is 20.4 Å². The molecule has 2 aromatic rings. The van der Waals surface area contributed by atoms with Crippen molar-refractivity contribution in [2.24, 2.45) is 4.99 Å². The fourth-order valence-electron chi connectivity index (χ4n) is 3.79. The molecule has 4 rings (SSSR count). The minimum Gasteiger partial charge on any atom is -0.508 e. The average Bonchev–Trinajstić information content (AvgIpc) is 2.80. The molecular weight excluding hydrogens is 430 g/mol. The van der Waals surface area contributed by atoms with Gasteiger partial charge in [-0.1, -0.05) is 12.1 Å². The zero-order valence-electron chi connectivity index (χ0n) is 18.1. The molecule has 0 saturated carbocycles. The van der Waals surface area contributed by atoms with Crippen LogP contribution in [0.3, 0.4) is 0 Å². The number of aromatic hydroxyl groups is 2. The summed E-state index contributed by atoms with van der Waals surface area (Å²) in [6.07, 6.45) is -0.637. The summed E-state index contributed by atoms with van der Waals surface area (Å²) in [5.74, 6) is 0.846. The van der Waals surface area contributed by atoms with Crippen molar-refractivity contribution in [2.45, 2.75) is 31.3 Å². The molecule has 4 N–H and O–H groups in total. The molecule has 33 heavy (non-hydrogen) atoms. The number of fused-ring (bicyclic) bond motifs is 2. The van der Waals surface area contributed by atoms with Crippen molar-refractivity contribution in [1.29, 1.82) is 0 Å². The fraction of sp³-hybridized carbons (Fsp3) is 0.292. The molecule has 174 valence electrons. The van der Waals surface area contributed by atoms with Crippen LogP contribution in [0.25, 0.3) is 0 Å². The Hall–Kier alpha value is -3.69. The SMILES string of the molecule is C=N/C(=C\C=C(/C)C1COc2ccc(C3Oc4cc(O)cc(O)c4C(O)C3O)cc2O1)OC. The molecule has 0 bridgehead atoms. The van der Waals surface area contributed by atoms with Gasteiger partial charge in [0.1, 0.15) is 36.1 Å². The minimum absolute atomic E-state index is 0.0208. The third-order valence-electron chi connectivity index (χ3n) is 5.61. The van der Waals surface area contributed by atoms with Crippen molar-refractivity contribution in [3.05, 3.63) is 65.1 Å². The molecule has 0 radical (unpaired) electrons. The molecule has 2 heterocycles. The van der Waals surface area contributed by atoms with E-state index in [0.29, 0.717) is 29.6 Å². The van der Waals surface area contributed by atoms with Gasteiger partial charge in [0, 0.05) is 18.2 Å². The van der Waals surface area contributed by atoms with Crippen molar-refractivity contribution in [2.75, 3.05) is 13.7 Å². The second-order valence-electron chi connectivity index (χ2n) is 7.75. The lowest BCUT2D eigenvalue weighted by Crippen LogP contribution is -2.35. The minimum atomic E-state index is -1.41. The number of nitrogens with zero attached hydrogens (tertiary/aromatic N) is 1. The van der Waals surface area contributed by atoms with E-state index in [1.54, 1.807) is 30.4 Å². The molecule has 0 aliphatic carbocycles. The maximum atomic E-state index is 10.7. The lowest BCUT2D eigenvalue weighted by Gasteiger charge is -2.35. The molecule has 0 amide bonds. The zero-order chi connectivity index (χ0) is 23.7. The highest BCUT2D eigenvalue weighted by atomic mass is 16.6. The predicted octanol–water partition coefficient (Wildman–Crippen LogP) is 2.90. The van der Waals surface area contributed by atoms with Crippen LogP contribution in [0.5, 0.6) is 28.7 Å². The number of aliphatic hydroxyl groups is 2. The second-order valence-corrected chi connectivity index (χ2v) is 7.75. The summed E-state index contributed by atoms with van der Waals surface area (Å²) < 4.78 is 22.8. The van der Waals surface area contributed by atoms with Crippen molar-refractivity contribution < 1.29 is 39.4 Å². The van der Waals surface area contributed by atoms with Crippen LogP contribution in [0, 0.1) is 0 Å². The first-order valence-electron chi connectivity index (χ1n) is 10.2. The first-order chi connectivity index (χ1) is 15.8.